The van der Waals surface area contributed by atoms with Gasteiger partial charge in [-0.05, 0) is 31.6 Å². The average Bonchev–Trinajstić information content (AvgIpc) is 3.17. The molecule has 0 radical (unpaired) electrons. The van der Waals surface area contributed by atoms with Crippen LogP contribution in [0.2, 0.25) is 0 Å². The Morgan fingerprint density at radius 1 is 1.24 bits per heavy atom. The maximum absolute atomic E-state index is 13.1. The highest BCUT2D eigenvalue weighted by molar-refractivity contribution is 7.52. The highest BCUT2D eigenvalue weighted by Gasteiger charge is 2.29. The maximum atomic E-state index is 13.1. The Hall–Kier alpha value is -2.45. The van der Waals surface area contributed by atoms with E-state index in [-0.39, 0.29) is 6.61 Å². The summed E-state index contributed by atoms with van der Waals surface area (Å²) in [5.41, 5.74) is -0.612. The van der Waals surface area contributed by atoms with Crippen molar-refractivity contribution in [1.82, 2.24) is 14.6 Å². The Labute approximate surface area is 167 Å². The van der Waals surface area contributed by atoms with Gasteiger partial charge in [-0.3, -0.25) is 18.9 Å². The fraction of sp³-hybridized carbons (Fsp3) is 0.368. The van der Waals surface area contributed by atoms with Crippen LogP contribution in [0.4, 0.5) is 0 Å². The van der Waals surface area contributed by atoms with Crippen LogP contribution >= 0.6 is 7.75 Å². The van der Waals surface area contributed by atoms with Gasteiger partial charge in [0.25, 0.3) is 5.56 Å². The van der Waals surface area contributed by atoms with E-state index in [4.69, 9.17) is 13.8 Å². The maximum Gasteiger partial charge on any atom is 0.458 e. The summed E-state index contributed by atoms with van der Waals surface area (Å²) in [6.07, 6.45) is 4.35. The van der Waals surface area contributed by atoms with Crippen LogP contribution in [0.25, 0.3) is 0 Å². The van der Waals surface area contributed by atoms with E-state index >= 15 is 0 Å². The summed E-state index contributed by atoms with van der Waals surface area (Å²) in [5.74, 6) is 0.426. The molecule has 3 rings (SSSR count). The van der Waals surface area contributed by atoms with Crippen molar-refractivity contribution in [1.29, 1.82) is 0 Å². The number of nitrogens with one attached hydrogen (secondary N) is 2. The van der Waals surface area contributed by atoms with Gasteiger partial charge in [0.2, 0.25) is 0 Å². The summed E-state index contributed by atoms with van der Waals surface area (Å²) >= 11 is 0. The summed E-state index contributed by atoms with van der Waals surface area (Å²) in [7, 11) is -3.61. The number of nitrogens with zero attached hydrogens (tertiary/aromatic N) is 1. The van der Waals surface area contributed by atoms with Gasteiger partial charge in [0.1, 0.15) is 11.9 Å². The number of benzene rings is 1. The van der Waals surface area contributed by atoms with Gasteiger partial charge < -0.3 is 9.26 Å². The van der Waals surface area contributed by atoms with E-state index in [0.717, 1.165) is 6.42 Å². The molecular weight excluding hydrogens is 397 g/mol. The third kappa shape index (κ3) is 5.55. The predicted octanol–water partition coefficient (Wildman–Crippen LogP) is 2.50. The standard InChI is InChI=1S/C19H24N3O6P/c1-3-11-20-29(25,28-15-7-5-4-6-8-15)26-13-16-9-10-17(27-16)22-12-14(2)18(23)21-19(22)24/h4-10,12,16-17H,3,11,13H2,1-2H3,(H,20,25)(H,21,23,24)/t16-,17+,29?/m0/s1. The van der Waals surface area contributed by atoms with E-state index < -0.39 is 31.3 Å². The van der Waals surface area contributed by atoms with E-state index in [1.165, 1.54) is 10.8 Å². The second-order valence-electron chi connectivity index (χ2n) is 6.53. The van der Waals surface area contributed by atoms with Gasteiger partial charge in [-0.2, -0.15) is 0 Å². The van der Waals surface area contributed by atoms with Crippen LogP contribution in [0, 0.1) is 6.92 Å². The summed E-state index contributed by atoms with van der Waals surface area (Å²) in [4.78, 5) is 25.8. The molecule has 0 spiro atoms. The number of aromatic nitrogens is 2. The molecule has 0 saturated heterocycles. The topological polar surface area (TPSA) is 112 Å². The molecule has 0 fully saturated rings. The highest BCUT2D eigenvalue weighted by Crippen LogP contribution is 2.44. The Kier molecular flexibility index (Phi) is 6.87. The quantitative estimate of drug-likeness (QED) is 0.473. The third-order valence-corrected chi connectivity index (χ3v) is 5.71. The molecule has 1 aromatic heterocycles. The van der Waals surface area contributed by atoms with Gasteiger partial charge >= 0.3 is 13.4 Å². The van der Waals surface area contributed by atoms with Gasteiger partial charge in [-0.15, -0.1) is 0 Å². The fourth-order valence-corrected chi connectivity index (χ4v) is 4.11. The number of para-hydroxylation sites is 1. The van der Waals surface area contributed by atoms with Crippen LogP contribution < -0.4 is 20.9 Å². The normalized spacial score (nSPS) is 20.5. The zero-order valence-corrected chi connectivity index (χ0v) is 17.1. The summed E-state index contributed by atoms with van der Waals surface area (Å²) in [5, 5.41) is 2.82. The minimum absolute atomic E-state index is 0.0368. The highest BCUT2D eigenvalue weighted by atomic mass is 31.2. The Bertz CT molecular complexity index is 1020. The second kappa shape index (κ2) is 9.37. The van der Waals surface area contributed by atoms with Crippen molar-refractivity contribution in [3.05, 3.63) is 75.1 Å². The van der Waals surface area contributed by atoms with Gasteiger partial charge in [0, 0.05) is 18.3 Å². The SMILES string of the molecule is CCCNP(=O)(OC[C@@H]1C=C[C@H](n2cc(C)c(=O)[nH]c2=O)O1)Oc1ccccc1. The molecule has 156 valence electrons. The van der Waals surface area contributed by atoms with Crippen LogP contribution in [-0.2, 0) is 13.8 Å². The summed E-state index contributed by atoms with van der Waals surface area (Å²) in [6.45, 7) is 3.97. The molecular formula is C19H24N3O6P. The molecule has 0 bridgehead atoms. The molecule has 0 saturated carbocycles. The number of hydrogen-bond acceptors (Lipinski definition) is 6. The smallest absolute Gasteiger partial charge is 0.413 e. The summed E-state index contributed by atoms with van der Waals surface area (Å²) < 4.78 is 31.3. The first-order chi connectivity index (χ1) is 13.9. The first-order valence-corrected chi connectivity index (χ1v) is 10.8. The number of hydrogen-bond donors (Lipinski definition) is 2. The van der Waals surface area contributed by atoms with Crippen molar-refractivity contribution < 1.29 is 18.3 Å². The molecule has 0 aliphatic carbocycles. The van der Waals surface area contributed by atoms with Crippen LogP contribution in [-0.4, -0.2) is 28.8 Å². The Morgan fingerprint density at radius 2 is 2.00 bits per heavy atom. The minimum Gasteiger partial charge on any atom is -0.413 e. The van der Waals surface area contributed by atoms with Crippen molar-refractivity contribution in [2.45, 2.75) is 32.6 Å². The lowest BCUT2D eigenvalue weighted by molar-refractivity contribution is -0.00733. The lowest BCUT2D eigenvalue weighted by Gasteiger charge is -2.22. The van der Waals surface area contributed by atoms with E-state index in [2.05, 4.69) is 10.1 Å². The third-order valence-electron chi connectivity index (χ3n) is 4.16. The molecule has 1 aromatic carbocycles. The molecule has 1 unspecified atom stereocenters. The second-order valence-corrected chi connectivity index (χ2v) is 8.29. The molecule has 10 heteroatoms. The largest absolute Gasteiger partial charge is 0.458 e. The van der Waals surface area contributed by atoms with E-state index in [9.17, 15) is 14.2 Å². The van der Waals surface area contributed by atoms with Gasteiger partial charge in [-0.25, -0.2) is 14.4 Å². The van der Waals surface area contributed by atoms with Crippen molar-refractivity contribution in [3.63, 3.8) is 0 Å². The summed E-state index contributed by atoms with van der Waals surface area (Å²) in [6, 6.07) is 8.76. The Balaban J connectivity index is 1.64. The van der Waals surface area contributed by atoms with Gasteiger partial charge in [0.15, 0.2) is 6.23 Å². The number of aromatic amines is 1. The van der Waals surface area contributed by atoms with Crippen molar-refractivity contribution in [3.8, 4) is 5.75 Å². The van der Waals surface area contributed by atoms with Crippen LogP contribution in [0.15, 0.2) is 58.3 Å². The number of ether oxygens (including phenoxy) is 1. The van der Waals surface area contributed by atoms with Crippen LogP contribution in [0.5, 0.6) is 5.75 Å². The molecule has 2 heterocycles. The van der Waals surface area contributed by atoms with Crippen LogP contribution in [0.1, 0.15) is 25.1 Å². The zero-order chi connectivity index (χ0) is 20.9. The molecule has 2 N–H and O–H groups in total. The van der Waals surface area contributed by atoms with Gasteiger partial charge in [-0.1, -0.05) is 31.2 Å². The lowest BCUT2D eigenvalue weighted by Crippen LogP contribution is -2.33. The van der Waals surface area contributed by atoms with E-state index in [1.807, 2.05) is 13.0 Å². The van der Waals surface area contributed by atoms with Crippen molar-refractivity contribution in [2.24, 2.45) is 0 Å². The van der Waals surface area contributed by atoms with Crippen molar-refractivity contribution in [2.75, 3.05) is 13.2 Å². The number of H-pyrrole nitrogens is 1. The molecule has 1 aliphatic rings. The molecule has 9 nitrogen and oxygen atoms in total. The number of rotatable bonds is 9. The first-order valence-electron chi connectivity index (χ1n) is 9.30. The lowest BCUT2D eigenvalue weighted by atomic mass is 10.3. The Morgan fingerprint density at radius 3 is 2.72 bits per heavy atom. The van der Waals surface area contributed by atoms with Crippen LogP contribution in [0.3, 0.4) is 0 Å². The zero-order valence-electron chi connectivity index (χ0n) is 16.2. The molecule has 2 aromatic rings. The van der Waals surface area contributed by atoms with E-state index in [0.29, 0.717) is 17.9 Å². The first kappa shape index (κ1) is 21.3. The number of aryl methyl sites for hydroxylation is 1. The molecule has 29 heavy (non-hydrogen) atoms. The van der Waals surface area contributed by atoms with E-state index in [1.54, 1.807) is 43.3 Å². The monoisotopic (exact) mass is 421 g/mol. The molecule has 0 amide bonds. The fourth-order valence-electron chi connectivity index (χ4n) is 2.66. The average molecular weight is 421 g/mol. The van der Waals surface area contributed by atoms with Crippen molar-refractivity contribution >= 4 is 7.75 Å². The minimum atomic E-state index is -3.61. The predicted molar refractivity (Wildman–Crippen MR) is 108 cm³/mol. The molecule has 1 aliphatic heterocycles. The molecule has 3 atom stereocenters. The van der Waals surface area contributed by atoms with Gasteiger partial charge in [0.05, 0.1) is 6.61 Å².